The smallest absolute Gasteiger partial charge is 0.240 e. The number of nitrogens with one attached hydrogen (secondary N) is 1. The fourth-order valence-corrected chi connectivity index (χ4v) is 4.96. The van der Waals surface area contributed by atoms with Crippen LogP contribution in [0, 0.1) is 0 Å². The molecule has 0 aliphatic carbocycles. The van der Waals surface area contributed by atoms with Gasteiger partial charge in [0, 0.05) is 36.7 Å². The van der Waals surface area contributed by atoms with Gasteiger partial charge < -0.3 is 10.1 Å². The van der Waals surface area contributed by atoms with Crippen molar-refractivity contribution in [3.8, 4) is 0 Å². The quantitative estimate of drug-likeness (QED) is 0.664. The molecule has 1 unspecified atom stereocenters. The molecule has 3 rings (SSSR count). The molecule has 0 saturated heterocycles. The maximum atomic E-state index is 13.1. The van der Waals surface area contributed by atoms with Crippen LogP contribution in [0.25, 0.3) is 0 Å². The molecule has 1 aromatic heterocycles. The van der Waals surface area contributed by atoms with Crippen molar-refractivity contribution in [3.63, 3.8) is 0 Å². The number of aromatic nitrogens is 2. The summed E-state index contributed by atoms with van der Waals surface area (Å²) in [5, 5.41) is 8.16. The zero-order valence-corrected chi connectivity index (χ0v) is 20.1. The largest absolute Gasteiger partial charge is 0.383 e. The molecule has 1 N–H and O–H groups in total. The number of benzene rings is 1. The minimum atomic E-state index is -0.240. The Hall–Kier alpha value is -2.03. The molecule has 168 valence electrons. The van der Waals surface area contributed by atoms with E-state index in [2.05, 4.69) is 26.1 Å². The molecule has 2 heterocycles. The van der Waals surface area contributed by atoms with Crippen LogP contribution in [0.5, 0.6) is 0 Å². The number of aryl methyl sites for hydroxylation is 1. The van der Waals surface area contributed by atoms with Crippen molar-refractivity contribution in [2.24, 2.45) is 7.05 Å². The Morgan fingerprint density at radius 1 is 1.32 bits per heavy atom. The normalized spacial score (nSPS) is 16.8. The summed E-state index contributed by atoms with van der Waals surface area (Å²) in [5.74, 6) is 0.580. The highest BCUT2D eigenvalue weighted by molar-refractivity contribution is 8.00. The number of hydrogen-bond acceptors (Lipinski definition) is 5. The Labute approximate surface area is 192 Å². The monoisotopic (exact) mass is 464 g/mol. The third kappa shape index (κ3) is 5.25. The predicted octanol–water partition coefficient (Wildman–Crippen LogP) is 3.30. The molecule has 0 radical (unpaired) electrons. The SMILES string of the molecule is COCCNC(=O)CN1C(=O)CSC(c2ccc(Cl)cc2)c2c(C(C)(C)C)nn(C)c21. The Balaban J connectivity index is 2.08. The molecule has 0 spiro atoms. The molecule has 2 amide bonds. The maximum Gasteiger partial charge on any atom is 0.240 e. The molecular formula is C22H29ClN4O3S. The molecule has 0 bridgehead atoms. The van der Waals surface area contributed by atoms with Crippen LogP contribution in [0.2, 0.25) is 5.02 Å². The molecule has 0 saturated carbocycles. The van der Waals surface area contributed by atoms with Gasteiger partial charge in [0.1, 0.15) is 12.4 Å². The van der Waals surface area contributed by atoms with Crippen LogP contribution in [0.1, 0.15) is 42.8 Å². The van der Waals surface area contributed by atoms with Gasteiger partial charge in [-0.05, 0) is 17.7 Å². The van der Waals surface area contributed by atoms with Gasteiger partial charge >= 0.3 is 0 Å². The van der Waals surface area contributed by atoms with E-state index in [-0.39, 0.29) is 34.8 Å². The second-order valence-corrected chi connectivity index (χ2v) is 10.1. The zero-order chi connectivity index (χ0) is 22.8. The van der Waals surface area contributed by atoms with Gasteiger partial charge in [-0.1, -0.05) is 44.5 Å². The summed E-state index contributed by atoms with van der Waals surface area (Å²) >= 11 is 7.66. The molecular weight excluding hydrogens is 436 g/mol. The lowest BCUT2D eigenvalue weighted by molar-refractivity contribution is -0.123. The lowest BCUT2D eigenvalue weighted by Crippen LogP contribution is -2.43. The van der Waals surface area contributed by atoms with Crippen molar-refractivity contribution in [1.82, 2.24) is 15.1 Å². The van der Waals surface area contributed by atoms with Crippen molar-refractivity contribution < 1.29 is 14.3 Å². The summed E-state index contributed by atoms with van der Waals surface area (Å²) in [4.78, 5) is 27.2. The third-order valence-corrected chi connectivity index (χ3v) is 6.56. The molecule has 1 aromatic carbocycles. The minimum Gasteiger partial charge on any atom is -0.383 e. The van der Waals surface area contributed by atoms with Crippen LogP contribution in [0.3, 0.4) is 0 Å². The van der Waals surface area contributed by atoms with Crippen LogP contribution in [0.15, 0.2) is 24.3 Å². The highest BCUT2D eigenvalue weighted by Crippen LogP contribution is 2.47. The summed E-state index contributed by atoms with van der Waals surface area (Å²) in [7, 11) is 3.40. The number of thioether (sulfide) groups is 1. The Morgan fingerprint density at radius 3 is 2.61 bits per heavy atom. The number of fused-ring (bicyclic) bond motifs is 1. The van der Waals surface area contributed by atoms with Crippen molar-refractivity contribution in [3.05, 3.63) is 46.1 Å². The number of methoxy groups -OCH3 is 1. The number of halogens is 1. The fraction of sp³-hybridized carbons (Fsp3) is 0.500. The molecule has 7 nitrogen and oxygen atoms in total. The van der Waals surface area contributed by atoms with Gasteiger partial charge in [0.05, 0.1) is 23.3 Å². The molecule has 31 heavy (non-hydrogen) atoms. The van der Waals surface area contributed by atoms with Gasteiger partial charge in [-0.25, -0.2) is 0 Å². The molecule has 0 fully saturated rings. The Bertz CT molecular complexity index is 953. The average molecular weight is 465 g/mol. The van der Waals surface area contributed by atoms with Crippen LogP contribution >= 0.6 is 23.4 Å². The van der Waals surface area contributed by atoms with Crippen molar-refractivity contribution >= 4 is 41.0 Å². The van der Waals surface area contributed by atoms with Gasteiger partial charge in [0.25, 0.3) is 0 Å². The van der Waals surface area contributed by atoms with Crippen LogP contribution < -0.4 is 10.2 Å². The predicted molar refractivity (Wildman–Crippen MR) is 125 cm³/mol. The van der Waals surface area contributed by atoms with Gasteiger partial charge in [0.15, 0.2) is 0 Å². The topological polar surface area (TPSA) is 76.5 Å². The van der Waals surface area contributed by atoms with Crippen molar-refractivity contribution in [1.29, 1.82) is 0 Å². The number of ether oxygens (including phenoxy) is 1. The number of amides is 2. The van der Waals surface area contributed by atoms with Crippen LogP contribution in [0.4, 0.5) is 5.82 Å². The second-order valence-electron chi connectivity index (χ2n) is 8.52. The number of carbonyl (C=O) groups excluding carboxylic acids is 2. The molecule has 1 atom stereocenters. The number of carbonyl (C=O) groups is 2. The standard InChI is InChI=1S/C22H29ClN4O3S/c1-22(2,3)20-18-19(14-6-8-15(23)9-7-14)31-13-17(29)27(21(18)26(4)25-20)12-16(28)24-10-11-30-5/h6-9,19H,10-13H2,1-5H3,(H,24,28). The Kier molecular flexibility index (Phi) is 7.34. The summed E-state index contributed by atoms with van der Waals surface area (Å²) < 4.78 is 6.72. The number of rotatable bonds is 6. The van der Waals surface area contributed by atoms with E-state index < -0.39 is 0 Å². The van der Waals surface area contributed by atoms with E-state index in [1.165, 1.54) is 0 Å². The lowest BCUT2D eigenvalue weighted by Gasteiger charge is -2.24. The molecule has 1 aliphatic rings. The summed E-state index contributed by atoms with van der Waals surface area (Å²) in [6, 6.07) is 7.69. The van der Waals surface area contributed by atoms with E-state index in [9.17, 15) is 9.59 Å². The summed E-state index contributed by atoms with van der Waals surface area (Å²) in [5.41, 5.74) is 2.69. The van der Waals surface area contributed by atoms with Crippen LogP contribution in [-0.4, -0.2) is 54.2 Å². The lowest BCUT2D eigenvalue weighted by atomic mass is 9.87. The van der Waals surface area contributed by atoms with E-state index in [1.807, 2.05) is 31.3 Å². The first-order chi connectivity index (χ1) is 14.6. The first-order valence-corrected chi connectivity index (χ1v) is 11.6. The fourth-order valence-electron chi connectivity index (χ4n) is 3.64. The summed E-state index contributed by atoms with van der Waals surface area (Å²) in [6.45, 7) is 7.06. The van der Waals surface area contributed by atoms with E-state index in [4.69, 9.17) is 21.4 Å². The first-order valence-electron chi connectivity index (χ1n) is 10.1. The van der Waals surface area contributed by atoms with E-state index in [0.717, 1.165) is 16.8 Å². The van der Waals surface area contributed by atoms with Crippen LogP contribution in [-0.2, 0) is 26.8 Å². The maximum absolute atomic E-state index is 13.1. The van der Waals surface area contributed by atoms with Gasteiger partial charge in [-0.3, -0.25) is 19.2 Å². The van der Waals surface area contributed by atoms with Gasteiger partial charge in [0.2, 0.25) is 11.8 Å². The zero-order valence-electron chi connectivity index (χ0n) is 18.6. The number of hydrogen-bond donors (Lipinski definition) is 1. The Morgan fingerprint density at radius 2 is 2.00 bits per heavy atom. The molecule has 9 heteroatoms. The van der Waals surface area contributed by atoms with Crippen molar-refractivity contribution in [2.75, 3.05) is 37.5 Å². The molecule has 1 aliphatic heterocycles. The first kappa shape index (κ1) is 23.6. The second kappa shape index (κ2) is 9.63. The highest BCUT2D eigenvalue weighted by atomic mass is 35.5. The number of anilines is 1. The van der Waals surface area contributed by atoms with E-state index in [0.29, 0.717) is 24.0 Å². The minimum absolute atomic E-state index is 0.0629. The summed E-state index contributed by atoms with van der Waals surface area (Å²) in [6.07, 6.45) is 0. The van der Waals surface area contributed by atoms with Gasteiger partial charge in [-0.2, -0.15) is 5.10 Å². The molecule has 2 aromatic rings. The van der Waals surface area contributed by atoms with Gasteiger partial charge in [-0.15, -0.1) is 11.8 Å². The van der Waals surface area contributed by atoms with E-state index >= 15 is 0 Å². The van der Waals surface area contributed by atoms with E-state index in [1.54, 1.807) is 28.5 Å². The highest BCUT2D eigenvalue weighted by Gasteiger charge is 2.38. The average Bonchev–Trinajstić information content (AvgIpc) is 2.97. The number of nitrogens with zero attached hydrogens (tertiary/aromatic N) is 3. The third-order valence-electron chi connectivity index (χ3n) is 5.06. The van der Waals surface area contributed by atoms with Crippen molar-refractivity contribution in [2.45, 2.75) is 31.4 Å².